The highest BCUT2D eigenvalue weighted by molar-refractivity contribution is 5.80. The van der Waals surface area contributed by atoms with Gasteiger partial charge in [0.15, 0.2) is 17.6 Å². The molecule has 0 fully saturated rings. The van der Waals surface area contributed by atoms with Crippen LogP contribution < -0.4 is 20.5 Å². The quantitative estimate of drug-likeness (QED) is 0.726. The van der Waals surface area contributed by atoms with Gasteiger partial charge in [-0.05, 0) is 24.6 Å². The molecule has 1 aromatic rings. The lowest BCUT2D eigenvalue weighted by atomic mass is 10.2. The molecule has 0 bridgehead atoms. The van der Waals surface area contributed by atoms with Crippen LogP contribution >= 0.6 is 0 Å². The Labute approximate surface area is 113 Å². The van der Waals surface area contributed by atoms with Gasteiger partial charge in [-0.25, -0.2) is 0 Å². The zero-order chi connectivity index (χ0) is 14.3. The monoisotopic (exact) mass is 264 g/mol. The maximum atomic E-state index is 11.7. The Morgan fingerprint density at radius 3 is 2.84 bits per heavy atom. The number of nitrogens with two attached hydrogens (primary N) is 1. The van der Waals surface area contributed by atoms with Crippen LogP contribution in [-0.2, 0) is 11.3 Å². The van der Waals surface area contributed by atoms with Crippen molar-refractivity contribution in [1.29, 1.82) is 0 Å². The van der Waals surface area contributed by atoms with Crippen LogP contribution in [0.1, 0.15) is 12.5 Å². The summed E-state index contributed by atoms with van der Waals surface area (Å²) in [5.74, 6) is 0.872. The third kappa shape index (κ3) is 4.30. The Morgan fingerprint density at radius 2 is 2.26 bits per heavy atom. The van der Waals surface area contributed by atoms with E-state index in [0.717, 1.165) is 5.56 Å². The van der Waals surface area contributed by atoms with Crippen molar-refractivity contribution in [3.05, 3.63) is 36.4 Å². The molecule has 0 saturated heterocycles. The van der Waals surface area contributed by atoms with Gasteiger partial charge in [0.05, 0.1) is 7.11 Å². The van der Waals surface area contributed by atoms with Gasteiger partial charge in [0, 0.05) is 13.1 Å². The minimum Gasteiger partial charge on any atom is -0.493 e. The second-order valence-electron chi connectivity index (χ2n) is 3.98. The number of carbonyl (C=O) groups excluding carboxylic acids is 1. The Kier molecular flexibility index (Phi) is 5.89. The summed E-state index contributed by atoms with van der Waals surface area (Å²) in [6.45, 7) is 6.05. The van der Waals surface area contributed by atoms with Crippen molar-refractivity contribution < 1.29 is 14.3 Å². The third-order valence-electron chi connectivity index (χ3n) is 2.56. The Balaban J connectivity index is 2.75. The summed E-state index contributed by atoms with van der Waals surface area (Å²) < 4.78 is 10.8. The van der Waals surface area contributed by atoms with E-state index in [2.05, 4.69) is 11.9 Å². The fourth-order valence-electron chi connectivity index (χ4n) is 1.50. The molecule has 0 radical (unpaired) electrons. The number of rotatable bonds is 7. The molecule has 1 amide bonds. The topological polar surface area (TPSA) is 73.6 Å². The highest BCUT2D eigenvalue weighted by Crippen LogP contribution is 2.28. The normalized spacial score (nSPS) is 11.5. The fourth-order valence-corrected chi connectivity index (χ4v) is 1.50. The van der Waals surface area contributed by atoms with Crippen molar-refractivity contribution in [3.63, 3.8) is 0 Å². The summed E-state index contributed by atoms with van der Waals surface area (Å²) in [6.07, 6.45) is 0.999. The molecule has 0 aliphatic rings. The standard InChI is InChI=1S/C14H20N2O3/c1-4-7-16-14(17)10(2)19-12-6-5-11(9-15)8-13(12)18-3/h4-6,8,10H,1,7,9,15H2,2-3H3,(H,16,17). The lowest BCUT2D eigenvalue weighted by Crippen LogP contribution is -2.36. The number of hydrogen-bond acceptors (Lipinski definition) is 4. The summed E-state index contributed by atoms with van der Waals surface area (Å²) in [6, 6.07) is 5.38. The van der Waals surface area contributed by atoms with Crippen molar-refractivity contribution in [3.8, 4) is 11.5 Å². The first kappa shape index (κ1) is 15.0. The number of methoxy groups -OCH3 is 1. The SMILES string of the molecule is C=CCNC(=O)C(C)Oc1ccc(CN)cc1OC. The molecule has 3 N–H and O–H groups in total. The van der Waals surface area contributed by atoms with Crippen LogP contribution in [-0.4, -0.2) is 25.7 Å². The zero-order valence-corrected chi connectivity index (χ0v) is 11.3. The summed E-state index contributed by atoms with van der Waals surface area (Å²) in [7, 11) is 1.55. The lowest BCUT2D eigenvalue weighted by Gasteiger charge is -2.16. The van der Waals surface area contributed by atoms with Crippen LogP contribution in [0.2, 0.25) is 0 Å². The first-order valence-electron chi connectivity index (χ1n) is 6.04. The molecule has 5 nitrogen and oxygen atoms in total. The van der Waals surface area contributed by atoms with E-state index in [1.807, 2.05) is 6.07 Å². The second-order valence-corrected chi connectivity index (χ2v) is 3.98. The van der Waals surface area contributed by atoms with Crippen molar-refractivity contribution in [2.24, 2.45) is 5.73 Å². The Morgan fingerprint density at radius 1 is 1.53 bits per heavy atom. The van der Waals surface area contributed by atoms with Crippen LogP contribution in [0.15, 0.2) is 30.9 Å². The van der Waals surface area contributed by atoms with Crippen LogP contribution in [0.25, 0.3) is 0 Å². The molecule has 1 aromatic carbocycles. The van der Waals surface area contributed by atoms with E-state index in [-0.39, 0.29) is 5.91 Å². The van der Waals surface area contributed by atoms with Gasteiger partial charge in [-0.15, -0.1) is 6.58 Å². The van der Waals surface area contributed by atoms with E-state index >= 15 is 0 Å². The summed E-state index contributed by atoms with van der Waals surface area (Å²) in [4.78, 5) is 11.7. The predicted molar refractivity (Wildman–Crippen MR) is 74.2 cm³/mol. The Hall–Kier alpha value is -2.01. The van der Waals surface area contributed by atoms with Gasteiger partial charge >= 0.3 is 0 Å². The number of carbonyl (C=O) groups is 1. The summed E-state index contributed by atoms with van der Waals surface area (Å²) in [5, 5.41) is 2.67. The molecule has 0 aromatic heterocycles. The first-order chi connectivity index (χ1) is 9.12. The van der Waals surface area contributed by atoms with Crippen LogP contribution in [0.5, 0.6) is 11.5 Å². The molecule has 19 heavy (non-hydrogen) atoms. The van der Waals surface area contributed by atoms with E-state index in [4.69, 9.17) is 15.2 Å². The summed E-state index contributed by atoms with van der Waals surface area (Å²) >= 11 is 0. The van der Waals surface area contributed by atoms with Gasteiger partial charge < -0.3 is 20.5 Å². The third-order valence-corrected chi connectivity index (χ3v) is 2.56. The first-order valence-corrected chi connectivity index (χ1v) is 6.04. The van der Waals surface area contributed by atoms with E-state index in [1.165, 1.54) is 0 Å². The molecule has 1 rings (SSSR count). The molecular weight excluding hydrogens is 244 g/mol. The molecular formula is C14H20N2O3. The van der Waals surface area contributed by atoms with E-state index in [1.54, 1.807) is 32.2 Å². The van der Waals surface area contributed by atoms with Crippen molar-refractivity contribution in [2.45, 2.75) is 19.6 Å². The van der Waals surface area contributed by atoms with E-state index < -0.39 is 6.10 Å². The smallest absolute Gasteiger partial charge is 0.261 e. The van der Waals surface area contributed by atoms with Crippen molar-refractivity contribution in [1.82, 2.24) is 5.32 Å². The lowest BCUT2D eigenvalue weighted by molar-refractivity contribution is -0.127. The zero-order valence-electron chi connectivity index (χ0n) is 11.3. The minimum atomic E-state index is -0.613. The molecule has 1 atom stereocenters. The number of benzene rings is 1. The maximum absolute atomic E-state index is 11.7. The molecule has 0 saturated carbocycles. The van der Waals surface area contributed by atoms with Gasteiger partial charge in [-0.1, -0.05) is 12.1 Å². The molecule has 104 valence electrons. The van der Waals surface area contributed by atoms with Gasteiger partial charge in [-0.2, -0.15) is 0 Å². The van der Waals surface area contributed by atoms with Gasteiger partial charge in [0.2, 0.25) is 0 Å². The fraction of sp³-hybridized carbons (Fsp3) is 0.357. The molecule has 0 heterocycles. The van der Waals surface area contributed by atoms with E-state index in [0.29, 0.717) is 24.6 Å². The predicted octanol–water partition coefficient (Wildman–Crippen LogP) is 1.22. The van der Waals surface area contributed by atoms with Gasteiger partial charge in [-0.3, -0.25) is 4.79 Å². The molecule has 0 spiro atoms. The molecule has 5 heteroatoms. The van der Waals surface area contributed by atoms with Crippen LogP contribution in [0, 0.1) is 0 Å². The number of hydrogen-bond donors (Lipinski definition) is 2. The number of nitrogens with one attached hydrogen (secondary N) is 1. The largest absolute Gasteiger partial charge is 0.493 e. The minimum absolute atomic E-state index is 0.204. The average molecular weight is 264 g/mol. The average Bonchev–Trinajstić information content (AvgIpc) is 2.44. The van der Waals surface area contributed by atoms with E-state index in [9.17, 15) is 4.79 Å². The molecule has 0 aliphatic carbocycles. The number of amides is 1. The Bertz CT molecular complexity index is 446. The van der Waals surface area contributed by atoms with Crippen LogP contribution in [0.4, 0.5) is 0 Å². The highest BCUT2D eigenvalue weighted by atomic mass is 16.5. The van der Waals surface area contributed by atoms with Crippen LogP contribution in [0.3, 0.4) is 0 Å². The molecule has 0 aliphatic heterocycles. The maximum Gasteiger partial charge on any atom is 0.261 e. The van der Waals surface area contributed by atoms with Crippen molar-refractivity contribution >= 4 is 5.91 Å². The number of ether oxygens (including phenoxy) is 2. The van der Waals surface area contributed by atoms with Gasteiger partial charge in [0.1, 0.15) is 0 Å². The highest BCUT2D eigenvalue weighted by Gasteiger charge is 2.16. The van der Waals surface area contributed by atoms with Gasteiger partial charge in [0.25, 0.3) is 5.91 Å². The second kappa shape index (κ2) is 7.43. The van der Waals surface area contributed by atoms with Crippen molar-refractivity contribution in [2.75, 3.05) is 13.7 Å². The molecule has 1 unspecified atom stereocenters. The summed E-state index contributed by atoms with van der Waals surface area (Å²) in [5.41, 5.74) is 6.50.